The molecule has 1 aromatic carbocycles. The Balaban J connectivity index is 1.14. The Morgan fingerprint density at radius 1 is 1.23 bits per heavy atom. The minimum atomic E-state index is -4.35. The Morgan fingerprint density at radius 3 is 2.79 bits per heavy atom. The van der Waals surface area contributed by atoms with E-state index in [9.17, 15) is 18.0 Å². The highest BCUT2D eigenvalue weighted by Gasteiger charge is 2.43. The van der Waals surface area contributed by atoms with Gasteiger partial charge >= 0.3 is 6.18 Å². The largest absolute Gasteiger partial charge is 0.416 e. The number of aromatic amines is 1. The number of H-pyrrole nitrogens is 1. The Kier molecular flexibility index (Phi) is 7.44. The standard InChI is InChI=1S/C30H41F3N4O2/c1-19-24-18-37(12-7-29(8-13-39-14-9-29)28(38)35-17-22-3-2-10-34-22)11-6-20(24)15-26-27(19)23-16-21(30(31,32)33)4-5-25(23)36-26/h4-5,16,19-20,22,24,34,36H,2-3,6-15,17-18H2,1H3,(H,35,38)/t19-,20-,22?,24-/m1/s1. The van der Waals surface area contributed by atoms with Gasteiger partial charge in [0.1, 0.15) is 0 Å². The maximum Gasteiger partial charge on any atom is 0.416 e. The van der Waals surface area contributed by atoms with E-state index in [0.29, 0.717) is 37.6 Å². The first-order chi connectivity index (χ1) is 18.7. The molecule has 3 aliphatic heterocycles. The smallest absolute Gasteiger partial charge is 0.381 e. The second kappa shape index (κ2) is 10.7. The van der Waals surface area contributed by atoms with Crippen LogP contribution in [0.5, 0.6) is 0 Å². The van der Waals surface area contributed by atoms with Gasteiger partial charge in [-0.25, -0.2) is 0 Å². The summed E-state index contributed by atoms with van der Waals surface area (Å²) in [6, 6.07) is 4.46. The number of aromatic nitrogens is 1. The maximum absolute atomic E-state index is 13.5. The van der Waals surface area contributed by atoms with Crippen molar-refractivity contribution < 1.29 is 22.7 Å². The van der Waals surface area contributed by atoms with Gasteiger partial charge in [-0.1, -0.05) is 6.92 Å². The fourth-order valence-corrected chi connectivity index (χ4v) is 7.79. The number of nitrogens with one attached hydrogen (secondary N) is 3. The molecule has 0 bridgehead atoms. The Hall–Kier alpha value is -2.10. The monoisotopic (exact) mass is 546 g/mol. The molecule has 39 heavy (non-hydrogen) atoms. The SMILES string of the molecule is C[C@H]1c2c([nH]c3ccc(C(F)(F)F)cc23)C[C@H]2CCN(CCC3(C(=O)NCC4CCCN4)CCOCC3)C[C@@H]21. The molecule has 3 saturated heterocycles. The van der Waals surface area contributed by atoms with Gasteiger partial charge in [-0.3, -0.25) is 4.79 Å². The molecule has 4 heterocycles. The van der Waals surface area contributed by atoms with Gasteiger partial charge in [-0.05, 0) is 106 Å². The molecule has 6 nitrogen and oxygen atoms in total. The van der Waals surface area contributed by atoms with Crippen LogP contribution in [0.4, 0.5) is 13.2 Å². The number of alkyl halides is 3. The van der Waals surface area contributed by atoms with Gasteiger partial charge in [0.05, 0.1) is 11.0 Å². The highest BCUT2D eigenvalue weighted by atomic mass is 19.4. The zero-order valence-corrected chi connectivity index (χ0v) is 22.8. The van der Waals surface area contributed by atoms with Gasteiger partial charge in [-0.2, -0.15) is 13.2 Å². The third kappa shape index (κ3) is 5.34. The van der Waals surface area contributed by atoms with Crippen molar-refractivity contribution in [3.05, 3.63) is 35.0 Å². The molecule has 2 aromatic rings. The second-order valence-corrected chi connectivity index (χ2v) is 12.4. The van der Waals surface area contributed by atoms with Gasteiger partial charge in [0, 0.05) is 48.9 Å². The molecule has 0 radical (unpaired) electrons. The molecule has 6 rings (SSSR count). The topological polar surface area (TPSA) is 69.4 Å². The molecule has 1 aliphatic carbocycles. The molecule has 0 saturated carbocycles. The highest BCUT2D eigenvalue weighted by Crippen LogP contribution is 2.47. The third-order valence-corrected chi connectivity index (χ3v) is 10.2. The number of benzene rings is 1. The van der Waals surface area contributed by atoms with Crippen molar-refractivity contribution in [2.24, 2.45) is 17.3 Å². The zero-order valence-electron chi connectivity index (χ0n) is 22.8. The molecule has 1 amide bonds. The van der Waals surface area contributed by atoms with Crippen LogP contribution in [0.2, 0.25) is 0 Å². The van der Waals surface area contributed by atoms with Crippen molar-refractivity contribution >= 4 is 16.8 Å². The minimum Gasteiger partial charge on any atom is -0.381 e. The molecular formula is C30H41F3N4O2. The summed E-state index contributed by atoms with van der Waals surface area (Å²) in [5.41, 5.74) is 2.01. The number of fused-ring (bicyclic) bond motifs is 4. The molecule has 4 atom stereocenters. The van der Waals surface area contributed by atoms with E-state index >= 15 is 0 Å². The van der Waals surface area contributed by atoms with E-state index in [-0.39, 0.29) is 17.2 Å². The van der Waals surface area contributed by atoms with Gasteiger partial charge in [0.2, 0.25) is 5.91 Å². The summed E-state index contributed by atoms with van der Waals surface area (Å²) in [6.45, 7) is 7.95. The number of rotatable bonds is 6. The fourth-order valence-electron chi connectivity index (χ4n) is 7.79. The predicted octanol–water partition coefficient (Wildman–Crippen LogP) is 4.84. The summed E-state index contributed by atoms with van der Waals surface area (Å²) in [5.74, 6) is 1.27. The summed E-state index contributed by atoms with van der Waals surface area (Å²) >= 11 is 0. The molecule has 1 aromatic heterocycles. The van der Waals surface area contributed by atoms with Crippen LogP contribution in [0, 0.1) is 17.3 Å². The molecule has 214 valence electrons. The van der Waals surface area contributed by atoms with E-state index in [2.05, 4.69) is 27.4 Å². The van der Waals surface area contributed by atoms with Crippen LogP contribution in [0.1, 0.15) is 68.2 Å². The Bertz CT molecular complexity index is 1180. The second-order valence-electron chi connectivity index (χ2n) is 12.4. The lowest BCUT2D eigenvalue weighted by molar-refractivity contribution is -0.138. The molecular weight excluding hydrogens is 505 g/mol. The lowest BCUT2D eigenvalue weighted by atomic mass is 9.68. The first kappa shape index (κ1) is 27.1. The Labute approximate surface area is 228 Å². The number of likely N-dealkylation sites (tertiary alicyclic amines) is 1. The average molecular weight is 547 g/mol. The van der Waals surface area contributed by atoms with E-state index in [4.69, 9.17) is 4.74 Å². The van der Waals surface area contributed by atoms with Crippen LogP contribution in [-0.4, -0.2) is 67.8 Å². The number of halogens is 3. The van der Waals surface area contributed by atoms with Gasteiger partial charge in [0.15, 0.2) is 0 Å². The number of amides is 1. The van der Waals surface area contributed by atoms with Crippen LogP contribution >= 0.6 is 0 Å². The quantitative estimate of drug-likeness (QED) is 0.485. The summed E-state index contributed by atoms with van der Waals surface area (Å²) in [5, 5.41) is 7.44. The number of ether oxygens (including phenoxy) is 1. The van der Waals surface area contributed by atoms with Crippen molar-refractivity contribution in [1.29, 1.82) is 0 Å². The van der Waals surface area contributed by atoms with E-state index in [0.717, 1.165) is 86.9 Å². The summed E-state index contributed by atoms with van der Waals surface area (Å²) in [4.78, 5) is 19.4. The van der Waals surface area contributed by atoms with E-state index in [1.807, 2.05) is 0 Å². The number of carbonyl (C=O) groups excluding carboxylic acids is 1. The molecule has 4 aliphatic rings. The van der Waals surface area contributed by atoms with Crippen molar-refractivity contribution in [3.63, 3.8) is 0 Å². The van der Waals surface area contributed by atoms with Crippen LogP contribution in [-0.2, 0) is 22.1 Å². The van der Waals surface area contributed by atoms with Gasteiger partial charge < -0.3 is 25.3 Å². The summed E-state index contributed by atoms with van der Waals surface area (Å²) in [6.07, 6.45) is 2.24. The summed E-state index contributed by atoms with van der Waals surface area (Å²) < 4.78 is 46.0. The number of hydrogen-bond acceptors (Lipinski definition) is 4. The maximum atomic E-state index is 13.5. The van der Waals surface area contributed by atoms with E-state index < -0.39 is 11.7 Å². The minimum absolute atomic E-state index is 0.171. The number of carbonyl (C=O) groups is 1. The fraction of sp³-hybridized carbons (Fsp3) is 0.700. The molecule has 9 heteroatoms. The van der Waals surface area contributed by atoms with Crippen LogP contribution < -0.4 is 10.6 Å². The van der Waals surface area contributed by atoms with Crippen molar-refractivity contribution in [2.45, 2.75) is 70.0 Å². The number of nitrogens with zero attached hydrogens (tertiary/aromatic N) is 1. The summed E-state index contributed by atoms with van der Waals surface area (Å²) in [7, 11) is 0. The van der Waals surface area contributed by atoms with Crippen molar-refractivity contribution in [1.82, 2.24) is 20.5 Å². The molecule has 3 fully saturated rings. The predicted molar refractivity (Wildman–Crippen MR) is 145 cm³/mol. The van der Waals surface area contributed by atoms with E-state index in [1.165, 1.54) is 18.6 Å². The molecule has 3 N–H and O–H groups in total. The van der Waals surface area contributed by atoms with Gasteiger partial charge in [-0.15, -0.1) is 0 Å². The normalized spacial score (nSPS) is 29.2. The van der Waals surface area contributed by atoms with Gasteiger partial charge in [0.25, 0.3) is 0 Å². The average Bonchev–Trinajstić information content (AvgIpc) is 3.58. The molecule has 0 spiro atoms. The molecule has 1 unspecified atom stereocenters. The van der Waals surface area contributed by atoms with Crippen molar-refractivity contribution in [2.75, 3.05) is 45.9 Å². The first-order valence-corrected chi connectivity index (χ1v) is 14.8. The zero-order chi connectivity index (χ0) is 27.2. The lowest BCUT2D eigenvalue weighted by Crippen LogP contribution is -2.50. The van der Waals surface area contributed by atoms with Crippen molar-refractivity contribution in [3.8, 4) is 0 Å². The lowest BCUT2D eigenvalue weighted by Gasteiger charge is -2.45. The van der Waals surface area contributed by atoms with Crippen LogP contribution in [0.25, 0.3) is 10.9 Å². The van der Waals surface area contributed by atoms with Crippen LogP contribution in [0.15, 0.2) is 18.2 Å². The number of hydrogen-bond donors (Lipinski definition) is 3. The van der Waals surface area contributed by atoms with E-state index in [1.54, 1.807) is 6.07 Å². The highest BCUT2D eigenvalue weighted by molar-refractivity contribution is 5.86. The number of piperidine rings is 1. The first-order valence-electron chi connectivity index (χ1n) is 14.8. The van der Waals surface area contributed by atoms with Crippen LogP contribution in [0.3, 0.4) is 0 Å². The third-order valence-electron chi connectivity index (χ3n) is 10.2. The Morgan fingerprint density at radius 2 is 2.05 bits per heavy atom.